The maximum absolute atomic E-state index is 12.2. The largest absolute Gasteiger partial charge is 0.472 e. The molecule has 0 fully saturated rings. The molecule has 2 aliphatic heterocycles. The summed E-state index contributed by atoms with van der Waals surface area (Å²) in [5.74, 6) is -1.28. The van der Waals surface area contributed by atoms with Crippen LogP contribution in [-0.4, -0.2) is 126 Å². The van der Waals surface area contributed by atoms with Crippen molar-refractivity contribution in [1.29, 1.82) is 0 Å². The van der Waals surface area contributed by atoms with Crippen LogP contribution < -0.4 is 11.2 Å². The van der Waals surface area contributed by atoms with Gasteiger partial charge >= 0.3 is 13.5 Å². The second-order valence-electron chi connectivity index (χ2n) is 9.05. The molecule has 0 amide bonds. The quantitative estimate of drug-likeness (QED) is 0.0541. The summed E-state index contributed by atoms with van der Waals surface area (Å²) in [6.45, 7) is 1.63. The standard InChI is InChI=1S/C17H20N4O6.C5H11O9P/c1-7-3-9-10(4-8(7)2)21(5-11(23)14(25)12(24)6-22)15-13(18-9)16(26)20-17(27)19-15;6-1-2(7)3(8)4(9)5(10)14-15(11,12)13/h3-4,11-12,14,22-25H,5-6H2,1-2H3,(H,20,26,27);3-6,8-10H,1H2,(H2,11,12,13). The van der Waals surface area contributed by atoms with Crippen LogP contribution in [0.4, 0.5) is 0 Å². The second kappa shape index (κ2) is 14.4. The highest BCUT2D eigenvalue weighted by atomic mass is 31.2. The van der Waals surface area contributed by atoms with Gasteiger partial charge in [0.25, 0.3) is 5.56 Å². The number of phosphoric acid groups is 1. The molecule has 19 nitrogen and oxygen atoms in total. The van der Waals surface area contributed by atoms with Crippen LogP contribution in [0.25, 0.3) is 22.6 Å². The van der Waals surface area contributed by atoms with Crippen molar-refractivity contribution in [3.63, 3.8) is 0 Å². The fourth-order valence-electron chi connectivity index (χ4n) is 3.54. The summed E-state index contributed by atoms with van der Waals surface area (Å²) < 4.78 is 15.2. The molecule has 0 saturated heterocycles. The zero-order valence-electron chi connectivity index (χ0n) is 22.0. The third-order valence-corrected chi connectivity index (χ3v) is 6.41. The SMILES string of the molecule is Cc1cc2nc3c(=O)[nH]c(=O)nc-3n(CC(O)C(O)C(O)CO)c2cc1C.O=C(CO)C(O)C(O)C(O)OP(=O)(O)O. The van der Waals surface area contributed by atoms with Crippen LogP contribution in [-0.2, 0) is 20.4 Å². The average molecular weight is 622 g/mol. The second-order valence-corrected chi connectivity index (χ2v) is 10.2. The molecule has 0 saturated carbocycles. The monoisotopic (exact) mass is 622 g/mol. The Bertz CT molecular complexity index is 1520. The van der Waals surface area contributed by atoms with Crippen molar-refractivity contribution in [2.75, 3.05) is 13.2 Å². The number of phosphoric ester groups is 1. The zero-order valence-corrected chi connectivity index (χ0v) is 22.9. The van der Waals surface area contributed by atoms with E-state index in [1.807, 2.05) is 13.8 Å². The predicted molar refractivity (Wildman–Crippen MR) is 139 cm³/mol. The molecular formula is C22H31N4O15P. The van der Waals surface area contributed by atoms with Crippen LogP contribution in [0.1, 0.15) is 11.1 Å². The van der Waals surface area contributed by atoms with Crippen LogP contribution in [0.15, 0.2) is 21.7 Å². The van der Waals surface area contributed by atoms with Crippen LogP contribution in [0.5, 0.6) is 0 Å². The van der Waals surface area contributed by atoms with Gasteiger partial charge in [0.05, 0.1) is 24.2 Å². The first-order valence-electron chi connectivity index (χ1n) is 11.9. The Morgan fingerprint density at radius 3 is 2.12 bits per heavy atom. The lowest BCUT2D eigenvalue weighted by Crippen LogP contribution is -2.44. The Labute approximate surface area is 235 Å². The molecule has 42 heavy (non-hydrogen) atoms. The third kappa shape index (κ3) is 8.74. The lowest BCUT2D eigenvalue weighted by atomic mass is 10.1. The van der Waals surface area contributed by atoms with Gasteiger partial charge in [0.2, 0.25) is 0 Å². The predicted octanol–water partition coefficient (Wildman–Crippen LogP) is -5.03. The Balaban J connectivity index is 0.000000351. The summed E-state index contributed by atoms with van der Waals surface area (Å²) in [6.07, 6.45) is -11.6. The molecule has 11 N–H and O–H groups in total. The molecule has 1 aromatic carbocycles. The maximum Gasteiger partial charge on any atom is 0.472 e. The molecule has 234 valence electrons. The van der Waals surface area contributed by atoms with Gasteiger partial charge in [-0.2, -0.15) is 4.98 Å². The molecule has 1 aromatic rings. The number of ketones is 1. The van der Waals surface area contributed by atoms with Crippen molar-refractivity contribution in [2.24, 2.45) is 0 Å². The lowest BCUT2D eigenvalue weighted by Gasteiger charge is -2.25. The van der Waals surface area contributed by atoms with E-state index >= 15 is 0 Å². The number of rotatable bonds is 11. The average Bonchev–Trinajstić information content (AvgIpc) is 2.91. The zero-order chi connectivity index (χ0) is 32.1. The number of Topliss-reactive ketones (excluding diaryl/α,β-unsaturated/α-hetero) is 1. The number of carbonyl (C=O) groups is 1. The number of aliphatic hydroxyl groups excluding tert-OH is 8. The molecule has 2 heterocycles. The third-order valence-electron chi connectivity index (χ3n) is 5.92. The summed E-state index contributed by atoms with van der Waals surface area (Å²) in [4.78, 5) is 61.0. The highest BCUT2D eigenvalue weighted by Crippen LogP contribution is 2.37. The minimum Gasteiger partial charge on any atom is -0.394 e. The number of carbonyl (C=O) groups excluding carboxylic acids is 1. The smallest absolute Gasteiger partial charge is 0.394 e. The van der Waals surface area contributed by atoms with Crippen molar-refractivity contribution in [3.8, 4) is 11.5 Å². The van der Waals surface area contributed by atoms with Gasteiger partial charge < -0.3 is 55.2 Å². The summed E-state index contributed by atoms with van der Waals surface area (Å²) in [5.41, 5.74) is 1.11. The normalized spacial score (nSPS) is 16.3. The Morgan fingerprint density at radius 1 is 0.976 bits per heavy atom. The number of nitrogens with zero attached hydrogens (tertiary/aromatic N) is 3. The first-order valence-corrected chi connectivity index (χ1v) is 13.4. The van der Waals surface area contributed by atoms with E-state index < -0.39 is 74.9 Å². The van der Waals surface area contributed by atoms with Gasteiger partial charge in [-0.25, -0.2) is 14.3 Å². The van der Waals surface area contributed by atoms with Crippen molar-refractivity contribution < 1.29 is 64.5 Å². The molecule has 0 bridgehead atoms. The van der Waals surface area contributed by atoms with Crippen LogP contribution in [0.3, 0.4) is 0 Å². The molecule has 0 radical (unpaired) electrons. The van der Waals surface area contributed by atoms with Crippen LogP contribution in [0.2, 0.25) is 0 Å². The van der Waals surface area contributed by atoms with E-state index in [1.54, 1.807) is 12.1 Å². The molecule has 6 unspecified atom stereocenters. The molecule has 6 atom stereocenters. The number of aliphatic hydroxyl groups is 8. The topological polar surface area (TPSA) is 326 Å². The number of aromatic nitrogens is 4. The number of aromatic amines is 1. The summed E-state index contributed by atoms with van der Waals surface area (Å²) >= 11 is 0. The van der Waals surface area contributed by atoms with Crippen molar-refractivity contribution in [3.05, 3.63) is 44.1 Å². The number of hydrogen-bond donors (Lipinski definition) is 11. The number of hydrogen-bond acceptors (Lipinski definition) is 15. The van der Waals surface area contributed by atoms with Gasteiger partial charge in [0.15, 0.2) is 23.6 Å². The van der Waals surface area contributed by atoms with E-state index in [9.17, 15) is 34.3 Å². The summed E-state index contributed by atoms with van der Waals surface area (Å²) in [7, 11) is -5.05. The molecule has 20 heteroatoms. The molecule has 3 rings (SSSR count). The molecule has 2 aliphatic rings. The van der Waals surface area contributed by atoms with E-state index in [-0.39, 0.29) is 18.1 Å². The summed E-state index contributed by atoms with van der Waals surface area (Å²) in [5, 5.41) is 73.7. The Hall–Kier alpha value is -3.04. The maximum atomic E-state index is 12.2. The number of fused-ring (bicyclic) bond motifs is 2. The lowest BCUT2D eigenvalue weighted by molar-refractivity contribution is -0.165. The Kier molecular flexibility index (Phi) is 12.1. The van der Waals surface area contributed by atoms with E-state index in [1.165, 1.54) is 4.57 Å². The van der Waals surface area contributed by atoms with E-state index in [4.69, 9.17) is 35.3 Å². The highest BCUT2D eigenvalue weighted by molar-refractivity contribution is 7.46. The molecule has 0 aliphatic carbocycles. The van der Waals surface area contributed by atoms with Crippen molar-refractivity contribution in [2.45, 2.75) is 57.2 Å². The molecular weight excluding hydrogens is 591 g/mol. The van der Waals surface area contributed by atoms with Gasteiger partial charge in [0, 0.05) is 0 Å². The molecule has 0 aromatic heterocycles. The van der Waals surface area contributed by atoms with Crippen LogP contribution in [0, 0.1) is 13.8 Å². The fraction of sp³-hybridized carbons (Fsp3) is 0.500. The van der Waals surface area contributed by atoms with Gasteiger partial charge in [-0.1, -0.05) is 0 Å². The van der Waals surface area contributed by atoms with Gasteiger partial charge in [-0.3, -0.25) is 19.1 Å². The van der Waals surface area contributed by atoms with Crippen molar-refractivity contribution >= 4 is 24.6 Å². The summed E-state index contributed by atoms with van der Waals surface area (Å²) in [6, 6.07) is 3.53. The van der Waals surface area contributed by atoms with E-state index in [0.717, 1.165) is 11.1 Å². The van der Waals surface area contributed by atoms with Gasteiger partial charge in [-0.15, -0.1) is 0 Å². The minimum absolute atomic E-state index is 0.0516. The number of aryl methyl sites for hydroxylation is 2. The van der Waals surface area contributed by atoms with E-state index in [2.05, 4.69) is 19.5 Å². The number of nitrogens with one attached hydrogen (secondary N) is 1. The number of H-pyrrole nitrogens is 1. The Morgan fingerprint density at radius 2 is 1.57 bits per heavy atom. The molecule has 0 spiro atoms. The first kappa shape index (κ1) is 35.2. The minimum atomic E-state index is -5.05. The van der Waals surface area contributed by atoms with Crippen LogP contribution >= 0.6 is 7.82 Å². The van der Waals surface area contributed by atoms with E-state index in [0.29, 0.717) is 11.0 Å². The first-order chi connectivity index (χ1) is 19.4. The highest BCUT2D eigenvalue weighted by Gasteiger charge is 2.34. The fourth-order valence-corrected chi connectivity index (χ4v) is 3.94. The number of benzene rings is 1. The van der Waals surface area contributed by atoms with Gasteiger partial charge in [0.1, 0.15) is 37.1 Å². The van der Waals surface area contributed by atoms with Crippen molar-refractivity contribution in [1.82, 2.24) is 19.5 Å². The van der Waals surface area contributed by atoms with Gasteiger partial charge in [-0.05, 0) is 37.1 Å².